The van der Waals surface area contributed by atoms with E-state index in [0.717, 1.165) is 5.56 Å². The molecule has 1 atom stereocenters. The molecule has 0 aromatic heterocycles. The molecule has 2 amide bonds. The van der Waals surface area contributed by atoms with Crippen molar-refractivity contribution in [2.24, 2.45) is 5.92 Å². The van der Waals surface area contributed by atoms with Crippen molar-refractivity contribution in [1.29, 1.82) is 0 Å². The van der Waals surface area contributed by atoms with Crippen LogP contribution in [0.1, 0.15) is 12.0 Å². The topological polar surface area (TPSA) is 58.6 Å². The standard InChI is InChI=1S/C19H17ClF2N2O3/c20-14-3-5-15(6-4-14)24-11-13(9-17(24)25)18(26)23-10-12-1-7-16(8-2-12)27-19(21)22/h1-8,13,19H,9-11H2,(H,23,26). The average molecular weight is 395 g/mol. The first-order valence-electron chi connectivity index (χ1n) is 8.30. The first-order chi connectivity index (χ1) is 12.9. The van der Waals surface area contributed by atoms with Crippen molar-refractivity contribution in [3.8, 4) is 5.75 Å². The summed E-state index contributed by atoms with van der Waals surface area (Å²) in [7, 11) is 0. The summed E-state index contributed by atoms with van der Waals surface area (Å²) in [4.78, 5) is 26.2. The van der Waals surface area contributed by atoms with Crippen LogP contribution in [0, 0.1) is 5.92 Å². The number of ether oxygens (including phenoxy) is 1. The van der Waals surface area contributed by atoms with Crippen molar-refractivity contribution in [1.82, 2.24) is 5.32 Å². The Labute approximate surface area is 159 Å². The Kier molecular flexibility index (Phi) is 5.91. The van der Waals surface area contributed by atoms with Gasteiger partial charge in [0.2, 0.25) is 11.8 Å². The number of halogens is 3. The Morgan fingerprint density at radius 2 is 1.85 bits per heavy atom. The van der Waals surface area contributed by atoms with Crippen molar-refractivity contribution in [2.75, 3.05) is 11.4 Å². The molecule has 3 rings (SSSR count). The Hall–Kier alpha value is -2.67. The lowest BCUT2D eigenvalue weighted by Crippen LogP contribution is -2.32. The average Bonchev–Trinajstić information content (AvgIpc) is 3.03. The van der Waals surface area contributed by atoms with E-state index in [1.807, 2.05) is 0 Å². The molecule has 0 aliphatic carbocycles. The van der Waals surface area contributed by atoms with Gasteiger partial charge in [0.25, 0.3) is 0 Å². The summed E-state index contributed by atoms with van der Waals surface area (Å²) in [5, 5.41) is 3.35. The van der Waals surface area contributed by atoms with E-state index >= 15 is 0 Å². The number of hydrogen-bond donors (Lipinski definition) is 1. The summed E-state index contributed by atoms with van der Waals surface area (Å²) in [6, 6.07) is 12.9. The van der Waals surface area contributed by atoms with Crippen LogP contribution in [0.25, 0.3) is 0 Å². The maximum absolute atomic E-state index is 12.4. The zero-order chi connectivity index (χ0) is 19.4. The fraction of sp³-hybridized carbons (Fsp3) is 0.263. The van der Waals surface area contributed by atoms with E-state index in [-0.39, 0.29) is 30.5 Å². The van der Waals surface area contributed by atoms with E-state index < -0.39 is 12.5 Å². The molecule has 5 nitrogen and oxygen atoms in total. The second-order valence-electron chi connectivity index (χ2n) is 6.12. The van der Waals surface area contributed by atoms with Gasteiger partial charge in [-0.05, 0) is 42.0 Å². The molecule has 1 heterocycles. The van der Waals surface area contributed by atoms with Crippen LogP contribution in [-0.4, -0.2) is 25.0 Å². The monoisotopic (exact) mass is 394 g/mol. The Morgan fingerprint density at radius 1 is 1.19 bits per heavy atom. The molecule has 0 radical (unpaired) electrons. The van der Waals surface area contributed by atoms with E-state index in [1.165, 1.54) is 12.1 Å². The summed E-state index contributed by atoms with van der Waals surface area (Å²) in [5.74, 6) is -0.742. The number of benzene rings is 2. The maximum atomic E-state index is 12.4. The van der Waals surface area contributed by atoms with Crippen LogP contribution in [0.15, 0.2) is 48.5 Å². The van der Waals surface area contributed by atoms with Gasteiger partial charge in [-0.25, -0.2) is 0 Å². The molecule has 2 aromatic rings. The molecule has 1 unspecified atom stereocenters. The lowest BCUT2D eigenvalue weighted by atomic mass is 10.1. The number of rotatable bonds is 6. The summed E-state index contributed by atoms with van der Waals surface area (Å²) >= 11 is 5.86. The highest BCUT2D eigenvalue weighted by atomic mass is 35.5. The number of anilines is 1. The number of carbonyl (C=O) groups is 2. The summed E-state index contributed by atoms with van der Waals surface area (Å²) < 4.78 is 28.5. The van der Waals surface area contributed by atoms with Crippen molar-refractivity contribution in [3.63, 3.8) is 0 Å². The number of hydrogen-bond acceptors (Lipinski definition) is 3. The predicted molar refractivity (Wildman–Crippen MR) is 96.8 cm³/mol. The molecule has 1 aliphatic heterocycles. The highest BCUT2D eigenvalue weighted by Gasteiger charge is 2.34. The molecule has 142 valence electrons. The lowest BCUT2D eigenvalue weighted by molar-refractivity contribution is -0.126. The molecule has 2 aromatic carbocycles. The first-order valence-corrected chi connectivity index (χ1v) is 8.67. The van der Waals surface area contributed by atoms with Gasteiger partial charge in [0.1, 0.15) is 5.75 Å². The Bertz CT molecular complexity index is 813. The number of nitrogens with zero attached hydrogens (tertiary/aromatic N) is 1. The normalized spacial score (nSPS) is 16.7. The first kappa shape index (κ1) is 19.1. The van der Waals surface area contributed by atoms with Gasteiger partial charge in [0, 0.05) is 30.2 Å². The minimum Gasteiger partial charge on any atom is -0.435 e. The van der Waals surface area contributed by atoms with Gasteiger partial charge in [-0.15, -0.1) is 0 Å². The molecular weight excluding hydrogens is 378 g/mol. The third-order valence-electron chi connectivity index (χ3n) is 4.25. The van der Waals surface area contributed by atoms with Crippen molar-refractivity contribution < 1.29 is 23.1 Å². The molecular formula is C19H17ClF2N2O3. The fourth-order valence-corrected chi connectivity index (χ4v) is 3.00. The largest absolute Gasteiger partial charge is 0.435 e. The second-order valence-corrected chi connectivity index (χ2v) is 6.56. The van der Waals surface area contributed by atoms with Crippen LogP contribution >= 0.6 is 11.6 Å². The summed E-state index contributed by atoms with van der Waals surface area (Å²) in [6.45, 7) is -2.34. The van der Waals surface area contributed by atoms with Gasteiger partial charge in [-0.3, -0.25) is 9.59 Å². The second kappa shape index (κ2) is 8.35. The highest BCUT2D eigenvalue weighted by Crippen LogP contribution is 2.26. The smallest absolute Gasteiger partial charge is 0.387 e. The Morgan fingerprint density at radius 3 is 2.48 bits per heavy atom. The quantitative estimate of drug-likeness (QED) is 0.814. The SMILES string of the molecule is O=C(NCc1ccc(OC(F)F)cc1)C1CC(=O)N(c2ccc(Cl)cc2)C1. The van der Waals surface area contributed by atoms with Crippen molar-refractivity contribution >= 4 is 29.1 Å². The lowest BCUT2D eigenvalue weighted by Gasteiger charge is -2.16. The van der Waals surface area contributed by atoms with E-state index in [4.69, 9.17) is 11.6 Å². The zero-order valence-electron chi connectivity index (χ0n) is 14.2. The summed E-state index contributed by atoms with van der Waals surface area (Å²) in [5.41, 5.74) is 1.44. The van der Waals surface area contributed by atoms with Crippen LogP contribution in [0.3, 0.4) is 0 Å². The third-order valence-corrected chi connectivity index (χ3v) is 4.50. The molecule has 0 bridgehead atoms. The van der Waals surface area contributed by atoms with E-state index in [9.17, 15) is 18.4 Å². The van der Waals surface area contributed by atoms with E-state index in [0.29, 0.717) is 17.3 Å². The molecule has 0 saturated carbocycles. The fourth-order valence-electron chi connectivity index (χ4n) is 2.88. The van der Waals surface area contributed by atoms with Gasteiger partial charge < -0.3 is 15.0 Å². The highest BCUT2D eigenvalue weighted by molar-refractivity contribution is 6.30. The van der Waals surface area contributed by atoms with Crippen molar-refractivity contribution in [3.05, 3.63) is 59.1 Å². The van der Waals surface area contributed by atoms with Crippen LogP contribution in [0.2, 0.25) is 5.02 Å². The molecule has 0 spiro atoms. The molecule has 27 heavy (non-hydrogen) atoms. The zero-order valence-corrected chi connectivity index (χ0v) is 15.0. The third kappa shape index (κ3) is 4.95. The molecule has 8 heteroatoms. The number of carbonyl (C=O) groups excluding carboxylic acids is 2. The Balaban J connectivity index is 1.54. The van der Waals surface area contributed by atoms with Gasteiger partial charge in [0.15, 0.2) is 0 Å². The van der Waals surface area contributed by atoms with Gasteiger partial charge in [0.05, 0.1) is 5.92 Å². The van der Waals surface area contributed by atoms with Crippen LogP contribution in [0.4, 0.5) is 14.5 Å². The maximum Gasteiger partial charge on any atom is 0.387 e. The van der Waals surface area contributed by atoms with E-state index in [1.54, 1.807) is 41.3 Å². The molecule has 1 fully saturated rings. The molecule has 1 saturated heterocycles. The molecule has 1 aliphatic rings. The van der Waals surface area contributed by atoms with Crippen molar-refractivity contribution in [2.45, 2.75) is 19.6 Å². The van der Waals surface area contributed by atoms with Crippen LogP contribution in [0.5, 0.6) is 5.75 Å². The van der Waals surface area contributed by atoms with Crippen LogP contribution in [-0.2, 0) is 16.1 Å². The molecule has 1 N–H and O–H groups in total. The van der Waals surface area contributed by atoms with Crippen LogP contribution < -0.4 is 15.0 Å². The number of amides is 2. The predicted octanol–water partition coefficient (Wildman–Crippen LogP) is 3.61. The van der Waals surface area contributed by atoms with E-state index in [2.05, 4.69) is 10.1 Å². The number of alkyl halides is 2. The van der Waals surface area contributed by atoms with Gasteiger partial charge in [-0.2, -0.15) is 8.78 Å². The van der Waals surface area contributed by atoms with Gasteiger partial charge in [-0.1, -0.05) is 23.7 Å². The summed E-state index contributed by atoms with van der Waals surface area (Å²) in [6.07, 6.45) is 0.135. The van der Waals surface area contributed by atoms with Gasteiger partial charge >= 0.3 is 6.61 Å². The minimum atomic E-state index is -2.88. The number of nitrogens with one attached hydrogen (secondary N) is 1. The minimum absolute atomic E-state index is 0.0556.